The third-order valence-corrected chi connectivity index (χ3v) is 7.83. The van der Waals surface area contributed by atoms with Gasteiger partial charge in [-0.05, 0) is 18.2 Å². The van der Waals surface area contributed by atoms with Crippen molar-refractivity contribution >= 4 is 50.0 Å². The Balaban J connectivity index is 2.12. The first-order chi connectivity index (χ1) is 12.4. The Morgan fingerprint density at radius 1 is 1.33 bits per heavy atom. The topological polar surface area (TPSA) is 66.8 Å². The van der Waals surface area contributed by atoms with Crippen LogP contribution in [0.2, 0.25) is 5.02 Å². The number of carbonyl (C=O) groups is 1. The summed E-state index contributed by atoms with van der Waals surface area (Å²) in [6.07, 6.45) is -4.58. The van der Waals surface area contributed by atoms with E-state index in [1.54, 1.807) is 13.8 Å². The van der Waals surface area contributed by atoms with Crippen molar-refractivity contribution in [1.82, 2.24) is 0 Å². The molecule has 0 aliphatic carbocycles. The fourth-order valence-electron chi connectivity index (χ4n) is 2.94. The summed E-state index contributed by atoms with van der Waals surface area (Å²) in [5.41, 5.74) is -0.912. The van der Waals surface area contributed by atoms with Crippen molar-refractivity contribution in [2.45, 2.75) is 31.3 Å². The lowest BCUT2D eigenvalue weighted by atomic mass is 10.1. The van der Waals surface area contributed by atoms with Gasteiger partial charge in [0.25, 0.3) is 5.91 Å². The number of carbonyl (C=O) groups excluding carboxylic acids is 1. The van der Waals surface area contributed by atoms with E-state index in [0.717, 1.165) is 30.0 Å². The monoisotopic (exact) mass is 440 g/mol. The summed E-state index contributed by atoms with van der Waals surface area (Å²) in [5.74, 6) is -1.19. The van der Waals surface area contributed by atoms with Gasteiger partial charge in [0.1, 0.15) is 0 Å². The zero-order valence-electron chi connectivity index (χ0n) is 14.3. The molecule has 0 saturated carbocycles. The minimum absolute atomic E-state index is 0.00102. The maximum atomic E-state index is 13.1. The van der Waals surface area contributed by atoms with Crippen molar-refractivity contribution in [2.75, 3.05) is 16.4 Å². The molecule has 2 aliphatic rings. The van der Waals surface area contributed by atoms with Gasteiger partial charge >= 0.3 is 6.18 Å². The molecule has 5 nitrogen and oxygen atoms in total. The second kappa shape index (κ2) is 6.97. The largest absolute Gasteiger partial charge is 0.416 e. The van der Waals surface area contributed by atoms with Crippen LogP contribution in [-0.2, 0) is 20.8 Å². The zero-order chi connectivity index (χ0) is 20.1. The summed E-state index contributed by atoms with van der Waals surface area (Å²) in [6.45, 7) is 3.30. The number of rotatable bonds is 2. The summed E-state index contributed by atoms with van der Waals surface area (Å²) in [5, 5.41) is -0.211. The second-order valence-electron chi connectivity index (χ2n) is 6.72. The number of thioether (sulfide) groups is 1. The van der Waals surface area contributed by atoms with Crippen molar-refractivity contribution in [2.24, 2.45) is 10.9 Å². The van der Waals surface area contributed by atoms with E-state index in [-0.39, 0.29) is 27.4 Å². The van der Waals surface area contributed by atoms with Gasteiger partial charge in [-0.1, -0.05) is 37.2 Å². The summed E-state index contributed by atoms with van der Waals surface area (Å²) in [4.78, 5) is 17.5. The summed E-state index contributed by atoms with van der Waals surface area (Å²) in [6, 6.07) is 2.21. The number of halogens is 4. The van der Waals surface area contributed by atoms with Gasteiger partial charge in [-0.2, -0.15) is 18.2 Å². The standard InChI is InChI=1S/C16H16ClF3N2O3S2/c1-8(2)14(23)21-15-22(12-6-27(24,25)7-13(12)26-15)11-5-9(16(18,19)20)3-4-10(11)17/h3-5,8,12-13H,6-7H2,1-2H3/t12-,13-/m1/s1. The lowest BCUT2D eigenvalue weighted by Gasteiger charge is -2.26. The molecule has 3 rings (SSSR count). The number of hydrogen-bond acceptors (Lipinski definition) is 4. The smallest absolute Gasteiger partial charge is 0.314 e. The predicted octanol–water partition coefficient (Wildman–Crippen LogP) is 3.62. The Bertz CT molecular complexity index is 916. The molecule has 0 bridgehead atoms. The Hall–Kier alpha value is -1.26. The third kappa shape index (κ3) is 4.12. The number of nitrogens with zero attached hydrogens (tertiary/aromatic N) is 2. The Labute approximate surface area is 163 Å². The summed E-state index contributed by atoms with van der Waals surface area (Å²) >= 11 is 7.23. The number of benzene rings is 1. The van der Waals surface area contributed by atoms with Gasteiger partial charge in [-0.25, -0.2) is 8.42 Å². The predicted molar refractivity (Wildman–Crippen MR) is 100 cm³/mol. The van der Waals surface area contributed by atoms with Gasteiger partial charge < -0.3 is 4.90 Å². The molecule has 2 fully saturated rings. The van der Waals surface area contributed by atoms with Crippen LogP contribution in [0.15, 0.2) is 23.2 Å². The van der Waals surface area contributed by atoms with Gasteiger partial charge in [0, 0.05) is 11.2 Å². The first-order valence-corrected chi connectivity index (χ1v) is 11.1. The Kier molecular flexibility index (Phi) is 5.28. The number of amidine groups is 1. The fourth-order valence-corrected chi connectivity index (χ4v) is 7.06. The Morgan fingerprint density at radius 2 is 2.00 bits per heavy atom. The fraction of sp³-hybridized carbons (Fsp3) is 0.500. The molecule has 27 heavy (non-hydrogen) atoms. The quantitative estimate of drug-likeness (QED) is 0.702. The lowest BCUT2D eigenvalue weighted by Crippen LogP contribution is -2.38. The molecule has 2 saturated heterocycles. The van der Waals surface area contributed by atoms with Gasteiger partial charge in [0.2, 0.25) is 0 Å². The molecular formula is C16H16ClF3N2O3S2. The highest BCUT2D eigenvalue weighted by Crippen LogP contribution is 2.44. The van der Waals surface area contributed by atoms with Gasteiger partial charge in [0.05, 0.1) is 33.8 Å². The number of sulfone groups is 1. The molecular weight excluding hydrogens is 425 g/mol. The van der Waals surface area contributed by atoms with Crippen molar-refractivity contribution in [3.63, 3.8) is 0 Å². The SMILES string of the molecule is CC(C)C(=O)N=C1S[C@@H]2CS(=O)(=O)C[C@H]2N1c1cc(C(F)(F)F)ccc1Cl. The molecule has 1 aromatic carbocycles. The van der Waals surface area contributed by atoms with Crippen LogP contribution >= 0.6 is 23.4 Å². The number of fused-ring (bicyclic) bond motifs is 1. The van der Waals surface area contributed by atoms with Crippen molar-refractivity contribution in [3.8, 4) is 0 Å². The summed E-state index contributed by atoms with van der Waals surface area (Å²) in [7, 11) is -3.33. The van der Waals surface area contributed by atoms with Gasteiger partial charge in [-0.15, -0.1) is 0 Å². The van der Waals surface area contributed by atoms with Gasteiger partial charge in [-0.3, -0.25) is 4.79 Å². The van der Waals surface area contributed by atoms with Gasteiger partial charge in [0.15, 0.2) is 15.0 Å². The second-order valence-corrected chi connectivity index (χ2v) is 10.5. The van der Waals surface area contributed by atoms with E-state index in [4.69, 9.17) is 11.6 Å². The van der Waals surface area contributed by atoms with Crippen LogP contribution in [0.1, 0.15) is 19.4 Å². The third-order valence-electron chi connectivity index (χ3n) is 4.30. The van der Waals surface area contributed by atoms with Crippen LogP contribution in [0.3, 0.4) is 0 Å². The van der Waals surface area contributed by atoms with Crippen molar-refractivity contribution in [3.05, 3.63) is 28.8 Å². The number of anilines is 1. The molecule has 0 spiro atoms. The van der Waals surface area contributed by atoms with Crippen molar-refractivity contribution in [1.29, 1.82) is 0 Å². The van der Waals surface area contributed by atoms with Crippen LogP contribution < -0.4 is 4.90 Å². The summed E-state index contributed by atoms with van der Waals surface area (Å²) < 4.78 is 63.5. The molecule has 2 aliphatic heterocycles. The van der Waals surface area contributed by atoms with Crippen LogP contribution in [0.5, 0.6) is 0 Å². The number of alkyl halides is 3. The van der Waals surface area contributed by atoms with E-state index < -0.39 is 44.7 Å². The molecule has 0 N–H and O–H groups in total. The average Bonchev–Trinajstić information content (AvgIpc) is 2.97. The van der Waals surface area contributed by atoms with E-state index in [1.165, 1.54) is 4.90 Å². The molecule has 2 atom stereocenters. The normalized spacial score (nSPS) is 26.0. The first kappa shape index (κ1) is 20.5. The number of hydrogen-bond donors (Lipinski definition) is 0. The minimum Gasteiger partial charge on any atom is -0.314 e. The average molecular weight is 441 g/mol. The molecule has 1 amide bonds. The highest BCUT2D eigenvalue weighted by molar-refractivity contribution is 8.16. The molecule has 148 valence electrons. The highest BCUT2D eigenvalue weighted by atomic mass is 35.5. The van der Waals surface area contributed by atoms with E-state index >= 15 is 0 Å². The van der Waals surface area contributed by atoms with Crippen LogP contribution in [0.25, 0.3) is 0 Å². The lowest BCUT2D eigenvalue weighted by molar-refractivity contribution is -0.137. The highest BCUT2D eigenvalue weighted by Gasteiger charge is 2.50. The molecule has 0 radical (unpaired) electrons. The van der Waals surface area contributed by atoms with Crippen LogP contribution in [-0.4, -0.2) is 42.3 Å². The van der Waals surface area contributed by atoms with Crippen LogP contribution in [0, 0.1) is 5.92 Å². The maximum absolute atomic E-state index is 13.1. The first-order valence-electron chi connectivity index (χ1n) is 8.04. The minimum atomic E-state index is -4.58. The maximum Gasteiger partial charge on any atom is 0.416 e. The molecule has 2 heterocycles. The molecule has 1 aromatic rings. The number of amides is 1. The molecule has 0 aromatic heterocycles. The zero-order valence-corrected chi connectivity index (χ0v) is 16.7. The van der Waals surface area contributed by atoms with E-state index in [0.29, 0.717) is 0 Å². The van der Waals surface area contributed by atoms with Crippen LogP contribution in [0.4, 0.5) is 18.9 Å². The number of aliphatic imine (C=N–C) groups is 1. The van der Waals surface area contributed by atoms with E-state index in [1.807, 2.05) is 0 Å². The Morgan fingerprint density at radius 3 is 2.59 bits per heavy atom. The molecule has 11 heteroatoms. The van der Waals surface area contributed by atoms with Crippen molar-refractivity contribution < 1.29 is 26.4 Å². The molecule has 0 unspecified atom stereocenters. The van der Waals surface area contributed by atoms with E-state index in [2.05, 4.69) is 4.99 Å². The van der Waals surface area contributed by atoms with E-state index in [9.17, 15) is 26.4 Å².